The molecule has 1 aliphatic rings. The summed E-state index contributed by atoms with van der Waals surface area (Å²) in [6, 6.07) is 0. The van der Waals surface area contributed by atoms with Crippen LogP contribution in [0.5, 0.6) is 0 Å². The molecule has 1 heterocycles. The Balaban J connectivity index is 2.70. The van der Waals surface area contributed by atoms with E-state index >= 15 is 0 Å². The number of rotatable bonds is 14. The molecule has 0 amide bonds. The highest BCUT2D eigenvalue weighted by Crippen LogP contribution is 2.27. The van der Waals surface area contributed by atoms with Crippen LogP contribution in [-0.4, -0.2) is 69.3 Å². The summed E-state index contributed by atoms with van der Waals surface area (Å²) in [5.41, 5.74) is 0. The molecule has 0 aromatic heterocycles. The van der Waals surface area contributed by atoms with Gasteiger partial charge in [0.05, 0.1) is 6.61 Å². The van der Waals surface area contributed by atoms with Crippen LogP contribution in [-0.2, 0) is 23.7 Å². The monoisotopic (exact) mass is 362 g/mol. The lowest BCUT2D eigenvalue weighted by atomic mass is 9.98. The first-order valence-electron chi connectivity index (χ1n) is 9.86. The van der Waals surface area contributed by atoms with Crippen molar-refractivity contribution in [2.75, 3.05) is 33.5 Å². The maximum atomic E-state index is 10.8. The zero-order chi connectivity index (χ0) is 18.5. The Kier molecular flexibility index (Phi) is 12.7. The van der Waals surface area contributed by atoms with Crippen LogP contribution in [0.4, 0.5) is 0 Å². The van der Waals surface area contributed by atoms with Gasteiger partial charge in [-0.25, -0.2) is 0 Å². The molecular weight excluding hydrogens is 324 g/mol. The highest BCUT2D eigenvalue weighted by atomic mass is 16.7. The molecule has 0 aromatic carbocycles. The van der Waals surface area contributed by atoms with Crippen LogP contribution < -0.4 is 0 Å². The van der Waals surface area contributed by atoms with E-state index in [1.165, 1.54) is 0 Å². The molecule has 1 aliphatic heterocycles. The van der Waals surface area contributed by atoms with Crippen molar-refractivity contribution in [1.29, 1.82) is 0 Å². The number of ether oxygens (including phenoxy) is 5. The summed E-state index contributed by atoms with van der Waals surface area (Å²) in [5, 5.41) is 10.8. The van der Waals surface area contributed by atoms with Gasteiger partial charge in [0.2, 0.25) is 0 Å². The minimum atomic E-state index is -0.795. The number of unbranched alkanes of at least 4 members (excludes halogenated alkanes) is 3. The quantitative estimate of drug-likeness (QED) is 0.479. The fourth-order valence-corrected chi connectivity index (χ4v) is 2.76. The maximum absolute atomic E-state index is 10.8. The zero-order valence-corrected chi connectivity index (χ0v) is 16.4. The molecule has 1 rings (SSSR count). The van der Waals surface area contributed by atoms with Crippen molar-refractivity contribution < 1.29 is 28.8 Å². The van der Waals surface area contributed by atoms with Gasteiger partial charge < -0.3 is 28.8 Å². The van der Waals surface area contributed by atoms with E-state index in [1.807, 2.05) is 0 Å². The topological polar surface area (TPSA) is 66.4 Å². The third-order valence-electron chi connectivity index (χ3n) is 4.39. The van der Waals surface area contributed by atoms with E-state index in [9.17, 15) is 5.11 Å². The molecule has 0 aliphatic carbocycles. The molecule has 0 spiro atoms. The van der Waals surface area contributed by atoms with Crippen LogP contribution in [0.1, 0.15) is 59.3 Å². The fraction of sp³-hybridized carbons (Fsp3) is 1.00. The standard InChI is InChI=1S/C19H38O6/c1-5-8-11-22-14-15-16(20)17(23-12-9-6-2)18(19(21-4)25-15)24-13-10-7-3/h15-20H,5-14H2,1-4H3/t15?,16-,17+,18?,19+/m1/s1. The molecule has 1 fully saturated rings. The largest absolute Gasteiger partial charge is 0.387 e. The van der Waals surface area contributed by atoms with Crippen molar-refractivity contribution in [3.63, 3.8) is 0 Å². The lowest BCUT2D eigenvalue weighted by Gasteiger charge is -2.43. The Bertz CT molecular complexity index is 314. The lowest BCUT2D eigenvalue weighted by molar-refractivity contribution is -0.312. The van der Waals surface area contributed by atoms with Gasteiger partial charge in [-0.3, -0.25) is 0 Å². The van der Waals surface area contributed by atoms with Crippen molar-refractivity contribution in [3.05, 3.63) is 0 Å². The van der Waals surface area contributed by atoms with Crippen molar-refractivity contribution in [2.45, 2.75) is 90.0 Å². The number of hydrogen-bond donors (Lipinski definition) is 1. The molecule has 1 N–H and O–H groups in total. The first-order valence-corrected chi connectivity index (χ1v) is 9.86. The normalized spacial score (nSPS) is 29.9. The molecule has 150 valence electrons. The fourth-order valence-electron chi connectivity index (χ4n) is 2.76. The predicted molar refractivity (Wildman–Crippen MR) is 96.7 cm³/mol. The summed E-state index contributed by atoms with van der Waals surface area (Å²) in [7, 11) is 1.59. The molecule has 0 aromatic rings. The zero-order valence-electron chi connectivity index (χ0n) is 16.4. The Hall–Kier alpha value is -0.240. The number of aliphatic hydroxyl groups excluding tert-OH is 1. The summed E-state index contributed by atoms with van der Waals surface area (Å²) in [5.74, 6) is 0. The minimum absolute atomic E-state index is 0.330. The van der Waals surface area contributed by atoms with Crippen molar-refractivity contribution in [3.8, 4) is 0 Å². The average Bonchev–Trinajstić information content (AvgIpc) is 2.62. The lowest BCUT2D eigenvalue weighted by Crippen LogP contribution is -2.61. The summed E-state index contributed by atoms with van der Waals surface area (Å²) in [6.45, 7) is 8.53. The van der Waals surface area contributed by atoms with E-state index in [2.05, 4.69) is 20.8 Å². The third-order valence-corrected chi connectivity index (χ3v) is 4.39. The molecule has 0 saturated carbocycles. The third kappa shape index (κ3) is 7.89. The summed E-state index contributed by atoms with van der Waals surface area (Å²) >= 11 is 0. The second kappa shape index (κ2) is 13.9. The van der Waals surface area contributed by atoms with Crippen molar-refractivity contribution >= 4 is 0 Å². The molecule has 6 nitrogen and oxygen atoms in total. The van der Waals surface area contributed by atoms with E-state index in [-0.39, 0.29) is 0 Å². The maximum Gasteiger partial charge on any atom is 0.186 e. The van der Waals surface area contributed by atoms with Crippen LogP contribution >= 0.6 is 0 Å². The van der Waals surface area contributed by atoms with Crippen molar-refractivity contribution in [1.82, 2.24) is 0 Å². The molecule has 6 heteroatoms. The van der Waals surface area contributed by atoms with Gasteiger partial charge in [-0.05, 0) is 19.3 Å². The van der Waals surface area contributed by atoms with Gasteiger partial charge in [-0.15, -0.1) is 0 Å². The van der Waals surface area contributed by atoms with E-state index in [4.69, 9.17) is 23.7 Å². The van der Waals surface area contributed by atoms with Crippen LogP contribution in [0.15, 0.2) is 0 Å². The average molecular weight is 363 g/mol. The molecule has 1 saturated heterocycles. The van der Waals surface area contributed by atoms with Gasteiger partial charge >= 0.3 is 0 Å². The van der Waals surface area contributed by atoms with Crippen molar-refractivity contribution in [2.24, 2.45) is 0 Å². The first-order chi connectivity index (χ1) is 12.2. The summed E-state index contributed by atoms with van der Waals surface area (Å²) < 4.78 is 29.0. The molecular formula is C19H38O6. The second-order valence-electron chi connectivity index (χ2n) is 6.58. The number of hydrogen-bond acceptors (Lipinski definition) is 6. The van der Waals surface area contributed by atoms with Gasteiger partial charge in [-0.1, -0.05) is 40.0 Å². The van der Waals surface area contributed by atoms with Gasteiger partial charge in [0.1, 0.15) is 24.4 Å². The highest BCUT2D eigenvalue weighted by Gasteiger charge is 2.47. The summed E-state index contributed by atoms with van der Waals surface area (Å²) in [6.07, 6.45) is 3.32. The minimum Gasteiger partial charge on any atom is -0.387 e. The number of aliphatic hydroxyl groups is 1. The summed E-state index contributed by atoms with van der Waals surface area (Å²) in [4.78, 5) is 0. The van der Waals surface area contributed by atoms with Gasteiger partial charge in [0, 0.05) is 26.9 Å². The van der Waals surface area contributed by atoms with E-state index in [0.29, 0.717) is 26.4 Å². The van der Waals surface area contributed by atoms with E-state index in [1.54, 1.807) is 7.11 Å². The first kappa shape index (κ1) is 22.8. The molecule has 2 unspecified atom stereocenters. The molecule has 0 radical (unpaired) electrons. The van der Waals surface area contributed by atoms with Gasteiger partial charge in [0.25, 0.3) is 0 Å². The Labute approximate surface area is 153 Å². The Morgan fingerprint density at radius 3 is 1.96 bits per heavy atom. The van der Waals surface area contributed by atoms with Crippen LogP contribution in [0.25, 0.3) is 0 Å². The molecule has 0 bridgehead atoms. The predicted octanol–water partition coefficient (Wildman–Crippen LogP) is 2.91. The Morgan fingerprint density at radius 2 is 1.40 bits per heavy atom. The van der Waals surface area contributed by atoms with E-state index < -0.39 is 30.7 Å². The second-order valence-corrected chi connectivity index (χ2v) is 6.58. The highest BCUT2D eigenvalue weighted by molar-refractivity contribution is 4.91. The smallest absolute Gasteiger partial charge is 0.186 e. The van der Waals surface area contributed by atoms with Crippen LogP contribution in [0.3, 0.4) is 0 Å². The van der Waals surface area contributed by atoms with Gasteiger partial charge in [0.15, 0.2) is 6.29 Å². The van der Waals surface area contributed by atoms with Crippen LogP contribution in [0.2, 0.25) is 0 Å². The van der Waals surface area contributed by atoms with Crippen LogP contribution in [0, 0.1) is 0 Å². The molecule has 5 atom stereocenters. The van der Waals surface area contributed by atoms with E-state index in [0.717, 1.165) is 38.5 Å². The Morgan fingerprint density at radius 1 is 0.840 bits per heavy atom. The molecule has 25 heavy (non-hydrogen) atoms. The van der Waals surface area contributed by atoms with Gasteiger partial charge in [-0.2, -0.15) is 0 Å². The SMILES string of the molecule is CCCCOCC1O[C@H](OC)C(OCCCC)[C@@H](OCCCC)[C@@H]1O. The number of methoxy groups -OCH3 is 1.